The summed E-state index contributed by atoms with van der Waals surface area (Å²) in [6.07, 6.45) is 0. The summed E-state index contributed by atoms with van der Waals surface area (Å²) in [5.41, 5.74) is 1.37. The number of nitrogens with one attached hydrogen (secondary N) is 2. The Labute approximate surface area is 152 Å². The van der Waals surface area contributed by atoms with Crippen molar-refractivity contribution in [3.05, 3.63) is 48.0 Å². The number of amides is 2. The molecule has 0 saturated heterocycles. The molecule has 0 aliphatic carbocycles. The van der Waals surface area contributed by atoms with E-state index < -0.39 is 0 Å². The predicted molar refractivity (Wildman–Crippen MR) is 99.1 cm³/mol. The van der Waals surface area contributed by atoms with Crippen LogP contribution in [-0.4, -0.2) is 39.2 Å². The van der Waals surface area contributed by atoms with E-state index in [0.717, 1.165) is 0 Å². The number of methoxy groups -OCH3 is 2. The third-order valence-corrected chi connectivity index (χ3v) is 3.52. The minimum atomic E-state index is -0.312. The molecular formula is C19H22N2O5. The van der Waals surface area contributed by atoms with E-state index in [4.69, 9.17) is 14.2 Å². The standard InChI is InChI=1S/C19H22N2O5/c1-4-26-12-18(22)20-14-10-17(25-3)15(11-16(14)24-2)21-19(23)13-8-6-5-7-9-13/h5-11H,4,12H2,1-3H3,(H,20,22)(H,21,23). The van der Waals surface area contributed by atoms with Gasteiger partial charge in [0.2, 0.25) is 5.91 Å². The average molecular weight is 358 g/mol. The molecule has 0 bridgehead atoms. The first-order valence-corrected chi connectivity index (χ1v) is 8.09. The first-order valence-electron chi connectivity index (χ1n) is 8.09. The van der Waals surface area contributed by atoms with E-state index in [1.807, 2.05) is 6.07 Å². The first-order chi connectivity index (χ1) is 12.6. The van der Waals surface area contributed by atoms with Gasteiger partial charge in [-0.1, -0.05) is 18.2 Å². The molecule has 2 N–H and O–H groups in total. The Morgan fingerprint density at radius 2 is 1.50 bits per heavy atom. The SMILES string of the molecule is CCOCC(=O)Nc1cc(OC)c(NC(=O)c2ccccc2)cc1OC. The number of rotatable bonds is 8. The number of ether oxygens (including phenoxy) is 3. The summed E-state index contributed by atoms with van der Waals surface area (Å²) in [6.45, 7) is 2.19. The van der Waals surface area contributed by atoms with Crippen LogP contribution in [0.4, 0.5) is 11.4 Å². The Balaban J connectivity index is 2.24. The lowest BCUT2D eigenvalue weighted by Crippen LogP contribution is -2.19. The molecule has 0 aliphatic rings. The van der Waals surface area contributed by atoms with Crippen LogP contribution in [0, 0.1) is 0 Å². The minimum absolute atomic E-state index is 0.0610. The molecule has 26 heavy (non-hydrogen) atoms. The lowest BCUT2D eigenvalue weighted by molar-refractivity contribution is -0.120. The van der Waals surface area contributed by atoms with E-state index in [-0.39, 0.29) is 18.4 Å². The molecule has 0 saturated carbocycles. The molecule has 138 valence electrons. The molecule has 2 rings (SSSR count). The zero-order valence-electron chi connectivity index (χ0n) is 15.0. The maximum absolute atomic E-state index is 12.4. The summed E-state index contributed by atoms with van der Waals surface area (Å²) < 4.78 is 15.7. The van der Waals surface area contributed by atoms with Gasteiger partial charge in [-0.3, -0.25) is 9.59 Å². The summed E-state index contributed by atoms with van der Waals surface area (Å²) in [7, 11) is 2.95. The Morgan fingerprint density at radius 3 is 2.04 bits per heavy atom. The molecule has 0 radical (unpaired) electrons. The Hall–Kier alpha value is -3.06. The molecule has 7 nitrogen and oxygen atoms in total. The lowest BCUT2D eigenvalue weighted by atomic mass is 10.2. The third-order valence-electron chi connectivity index (χ3n) is 3.52. The molecule has 0 aromatic heterocycles. The van der Waals surface area contributed by atoms with Gasteiger partial charge in [-0.2, -0.15) is 0 Å². The molecule has 0 fully saturated rings. The van der Waals surface area contributed by atoms with Crippen LogP contribution < -0.4 is 20.1 Å². The van der Waals surface area contributed by atoms with Crippen LogP contribution in [0.1, 0.15) is 17.3 Å². The second-order valence-corrected chi connectivity index (χ2v) is 5.26. The van der Waals surface area contributed by atoms with Crippen molar-refractivity contribution in [3.63, 3.8) is 0 Å². The van der Waals surface area contributed by atoms with E-state index in [9.17, 15) is 9.59 Å². The van der Waals surface area contributed by atoms with E-state index in [2.05, 4.69) is 10.6 Å². The molecule has 0 aliphatic heterocycles. The fourth-order valence-corrected chi connectivity index (χ4v) is 2.26. The number of benzene rings is 2. The van der Waals surface area contributed by atoms with Crippen LogP contribution in [-0.2, 0) is 9.53 Å². The number of hydrogen-bond donors (Lipinski definition) is 2. The van der Waals surface area contributed by atoms with Crippen molar-refractivity contribution >= 4 is 23.2 Å². The van der Waals surface area contributed by atoms with Gasteiger partial charge in [0.25, 0.3) is 5.91 Å². The van der Waals surface area contributed by atoms with Crippen LogP contribution in [0.5, 0.6) is 11.5 Å². The number of carbonyl (C=O) groups is 2. The van der Waals surface area contributed by atoms with Crippen molar-refractivity contribution in [1.82, 2.24) is 0 Å². The van der Waals surface area contributed by atoms with Crippen LogP contribution in [0.2, 0.25) is 0 Å². The van der Waals surface area contributed by atoms with Crippen molar-refractivity contribution in [2.45, 2.75) is 6.92 Å². The van der Waals surface area contributed by atoms with E-state index >= 15 is 0 Å². The molecule has 2 amide bonds. The quantitative estimate of drug-likeness (QED) is 0.758. The summed E-state index contributed by atoms with van der Waals surface area (Å²) in [5.74, 6) is 0.188. The first kappa shape index (κ1) is 19.3. The van der Waals surface area contributed by atoms with Crippen molar-refractivity contribution in [2.75, 3.05) is 38.1 Å². The van der Waals surface area contributed by atoms with Crippen molar-refractivity contribution in [2.24, 2.45) is 0 Å². The Bertz CT molecular complexity index is 762. The van der Waals surface area contributed by atoms with Crippen LogP contribution in [0.25, 0.3) is 0 Å². The van der Waals surface area contributed by atoms with Gasteiger partial charge in [0.1, 0.15) is 18.1 Å². The van der Waals surface area contributed by atoms with Crippen LogP contribution in [0.3, 0.4) is 0 Å². The third kappa shape index (κ3) is 4.97. The number of hydrogen-bond acceptors (Lipinski definition) is 5. The average Bonchev–Trinajstić information content (AvgIpc) is 2.67. The van der Waals surface area contributed by atoms with Crippen LogP contribution in [0.15, 0.2) is 42.5 Å². The lowest BCUT2D eigenvalue weighted by Gasteiger charge is -2.16. The summed E-state index contributed by atoms with van der Waals surface area (Å²) in [5, 5.41) is 5.49. The van der Waals surface area contributed by atoms with E-state index in [1.54, 1.807) is 43.3 Å². The molecule has 2 aromatic carbocycles. The summed E-state index contributed by atoms with van der Waals surface area (Å²) in [6, 6.07) is 12.0. The largest absolute Gasteiger partial charge is 0.494 e. The molecule has 0 atom stereocenters. The topological polar surface area (TPSA) is 85.9 Å². The van der Waals surface area contributed by atoms with Gasteiger partial charge in [-0.05, 0) is 19.1 Å². The predicted octanol–water partition coefficient (Wildman–Crippen LogP) is 2.93. The smallest absolute Gasteiger partial charge is 0.255 e. The summed E-state index contributed by atoms with van der Waals surface area (Å²) in [4.78, 5) is 24.3. The Kier molecular flexibility index (Phi) is 6.99. The van der Waals surface area contributed by atoms with Gasteiger partial charge in [0, 0.05) is 24.3 Å². The van der Waals surface area contributed by atoms with Gasteiger partial charge >= 0.3 is 0 Å². The van der Waals surface area contributed by atoms with E-state index in [0.29, 0.717) is 35.0 Å². The zero-order valence-corrected chi connectivity index (χ0v) is 15.0. The highest BCUT2D eigenvalue weighted by molar-refractivity contribution is 6.05. The highest BCUT2D eigenvalue weighted by atomic mass is 16.5. The maximum atomic E-state index is 12.4. The molecule has 7 heteroatoms. The highest BCUT2D eigenvalue weighted by Crippen LogP contribution is 2.36. The van der Waals surface area contributed by atoms with Crippen LogP contribution >= 0.6 is 0 Å². The second kappa shape index (κ2) is 9.43. The monoisotopic (exact) mass is 358 g/mol. The normalized spacial score (nSPS) is 10.1. The van der Waals surface area contributed by atoms with Gasteiger partial charge in [0.15, 0.2) is 0 Å². The minimum Gasteiger partial charge on any atom is -0.494 e. The zero-order chi connectivity index (χ0) is 18.9. The van der Waals surface area contributed by atoms with Gasteiger partial charge < -0.3 is 24.8 Å². The van der Waals surface area contributed by atoms with Gasteiger partial charge in [-0.15, -0.1) is 0 Å². The maximum Gasteiger partial charge on any atom is 0.255 e. The van der Waals surface area contributed by atoms with Gasteiger partial charge in [0.05, 0.1) is 25.6 Å². The fraction of sp³-hybridized carbons (Fsp3) is 0.263. The van der Waals surface area contributed by atoms with Crippen molar-refractivity contribution in [1.29, 1.82) is 0 Å². The van der Waals surface area contributed by atoms with Gasteiger partial charge in [-0.25, -0.2) is 0 Å². The Morgan fingerprint density at radius 1 is 0.923 bits per heavy atom. The fourth-order valence-electron chi connectivity index (χ4n) is 2.26. The second-order valence-electron chi connectivity index (χ2n) is 5.26. The molecule has 0 spiro atoms. The number of anilines is 2. The highest BCUT2D eigenvalue weighted by Gasteiger charge is 2.16. The molecular weight excluding hydrogens is 336 g/mol. The van der Waals surface area contributed by atoms with E-state index in [1.165, 1.54) is 14.2 Å². The molecule has 0 heterocycles. The van der Waals surface area contributed by atoms with Crippen molar-refractivity contribution < 1.29 is 23.8 Å². The summed E-state index contributed by atoms with van der Waals surface area (Å²) >= 11 is 0. The molecule has 0 unspecified atom stereocenters. The number of carbonyl (C=O) groups excluding carboxylic acids is 2. The van der Waals surface area contributed by atoms with Crippen molar-refractivity contribution in [3.8, 4) is 11.5 Å². The molecule has 2 aromatic rings.